The Morgan fingerprint density at radius 2 is 0.891 bits per heavy atom. The molecular formula is C54H97NO8P+. The van der Waals surface area contributed by atoms with Crippen molar-refractivity contribution in [1.82, 2.24) is 0 Å². The standard InChI is InChI=1S/C54H96NO8P/c1-6-8-10-12-14-16-18-20-22-24-26-27-29-31-33-35-37-39-41-43-45-47-54(57)63-52(51-62-64(58,59)61-49-48-55(3,4)5)50-60-53(56)46-44-42-40-38-36-34-32-30-28-25-23-21-19-17-15-13-11-9-7-2/h8,10,14-17,20-23,26-27,52H,6-7,9,11-13,18-19,24-25,28-51H2,1-5H3/p+1/b10-8-,16-14-,17-15-,22-20-,23-21-,27-26-. The molecule has 0 radical (unpaired) electrons. The number of hydrogen-bond donors (Lipinski definition) is 1. The van der Waals surface area contributed by atoms with Crippen LogP contribution in [-0.4, -0.2) is 74.9 Å². The zero-order valence-corrected chi connectivity index (χ0v) is 42.6. The van der Waals surface area contributed by atoms with E-state index < -0.39 is 26.5 Å². The van der Waals surface area contributed by atoms with Crippen molar-refractivity contribution in [3.63, 3.8) is 0 Å². The minimum Gasteiger partial charge on any atom is -0.462 e. The molecule has 0 amide bonds. The molecule has 1 N–H and O–H groups in total. The van der Waals surface area contributed by atoms with E-state index in [1.165, 1.54) is 96.3 Å². The molecule has 10 heteroatoms. The van der Waals surface area contributed by atoms with Crippen LogP contribution in [-0.2, 0) is 32.7 Å². The molecular weight excluding hydrogens is 822 g/mol. The first-order chi connectivity index (χ1) is 31.0. The Morgan fingerprint density at radius 1 is 0.500 bits per heavy atom. The maximum absolute atomic E-state index is 12.8. The van der Waals surface area contributed by atoms with E-state index in [0.717, 1.165) is 77.0 Å². The molecule has 0 spiro atoms. The Balaban J connectivity index is 4.28. The number of rotatable bonds is 46. The van der Waals surface area contributed by atoms with E-state index in [2.05, 4.69) is 86.8 Å². The summed E-state index contributed by atoms with van der Waals surface area (Å²) < 4.78 is 34.5. The van der Waals surface area contributed by atoms with Gasteiger partial charge in [0.1, 0.15) is 19.8 Å². The highest BCUT2D eigenvalue weighted by atomic mass is 31.2. The number of nitrogens with zero attached hydrogens (tertiary/aromatic N) is 1. The number of phosphoric acid groups is 1. The molecule has 0 aliphatic rings. The minimum atomic E-state index is -4.39. The molecule has 0 saturated carbocycles. The highest BCUT2D eigenvalue weighted by Gasteiger charge is 2.27. The van der Waals surface area contributed by atoms with Crippen LogP contribution in [0.3, 0.4) is 0 Å². The summed E-state index contributed by atoms with van der Waals surface area (Å²) in [6.45, 7) is 4.28. The number of carbonyl (C=O) groups excluding carboxylic acids is 2. The van der Waals surface area contributed by atoms with Crippen molar-refractivity contribution in [3.05, 3.63) is 72.9 Å². The Bertz CT molecular complexity index is 1310. The maximum atomic E-state index is 12.8. The number of quaternary nitrogens is 1. The summed E-state index contributed by atoms with van der Waals surface area (Å²) in [6, 6.07) is 0. The van der Waals surface area contributed by atoms with Gasteiger partial charge in [0.2, 0.25) is 0 Å². The molecule has 0 heterocycles. The van der Waals surface area contributed by atoms with E-state index in [-0.39, 0.29) is 32.0 Å². The van der Waals surface area contributed by atoms with Gasteiger partial charge in [-0.05, 0) is 83.5 Å². The van der Waals surface area contributed by atoms with Crippen molar-refractivity contribution in [1.29, 1.82) is 0 Å². The Kier molecular flexibility index (Phi) is 43.8. The summed E-state index contributed by atoms with van der Waals surface area (Å²) in [7, 11) is 1.46. The van der Waals surface area contributed by atoms with E-state index >= 15 is 0 Å². The van der Waals surface area contributed by atoms with Crippen LogP contribution in [0.5, 0.6) is 0 Å². The Morgan fingerprint density at radius 3 is 1.33 bits per heavy atom. The summed E-state index contributed by atoms with van der Waals surface area (Å²) in [4.78, 5) is 35.6. The number of phosphoric ester groups is 1. The third-order valence-corrected chi connectivity index (χ3v) is 11.7. The average molecular weight is 919 g/mol. The van der Waals surface area contributed by atoms with Crippen molar-refractivity contribution in [2.75, 3.05) is 47.5 Å². The third kappa shape index (κ3) is 48.9. The predicted octanol–water partition coefficient (Wildman–Crippen LogP) is 15.4. The van der Waals surface area contributed by atoms with Crippen LogP contribution in [0.2, 0.25) is 0 Å². The zero-order valence-electron chi connectivity index (χ0n) is 41.7. The largest absolute Gasteiger partial charge is 0.472 e. The third-order valence-electron chi connectivity index (χ3n) is 10.7. The average Bonchev–Trinajstić information content (AvgIpc) is 3.25. The summed E-state index contributed by atoms with van der Waals surface area (Å²) in [5, 5.41) is 0. The molecule has 0 aromatic heterocycles. The van der Waals surface area contributed by atoms with Gasteiger partial charge in [0.15, 0.2) is 6.10 Å². The molecule has 0 bridgehead atoms. The number of esters is 2. The van der Waals surface area contributed by atoms with E-state index in [1.54, 1.807) is 0 Å². The summed E-state index contributed by atoms with van der Waals surface area (Å²) in [5.74, 6) is -0.813. The molecule has 0 aromatic carbocycles. The van der Waals surface area contributed by atoms with Crippen LogP contribution in [0.25, 0.3) is 0 Å². The molecule has 9 nitrogen and oxygen atoms in total. The highest BCUT2D eigenvalue weighted by molar-refractivity contribution is 7.47. The monoisotopic (exact) mass is 919 g/mol. The molecule has 370 valence electrons. The Hall–Kier alpha value is -2.55. The number of carbonyl (C=O) groups is 2. The molecule has 0 fully saturated rings. The van der Waals surface area contributed by atoms with Gasteiger partial charge in [0.05, 0.1) is 27.7 Å². The topological polar surface area (TPSA) is 108 Å². The van der Waals surface area contributed by atoms with E-state index in [1.807, 2.05) is 21.1 Å². The molecule has 0 aliphatic carbocycles. The maximum Gasteiger partial charge on any atom is 0.472 e. The smallest absolute Gasteiger partial charge is 0.462 e. The lowest BCUT2D eigenvalue weighted by Gasteiger charge is -2.24. The summed E-state index contributed by atoms with van der Waals surface area (Å²) >= 11 is 0. The second kappa shape index (κ2) is 45.6. The van der Waals surface area contributed by atoms with Gasteiger partial charge >= 0.3 is 19.8 Å². The van der Waals surface area contributed by atoms with Gasteiger partial charge in [-0.15, -0.1) is 0 Å². The number of hydrogen-bond acceptors (Lipinski definition) is 7. The fraction of sp³-hybridized carbons (Fsp3) is 0.741. The fourth-order valence-corrected chi connectivity index (χ4v) is 7.48. The Labute approximate surface area is 393 Å². The van der Waals surface area contributed by atoms with E-state index in [4.69, 9.17) is 18.5 Å². The van der Waals surface area contributed by atoms with Gasteiger partial charge in [-0.25, -0.2) is 4.57 Å². The van der Waals surface area contributed by atoms with E-state index in [9.17, 15) is 19.0 Å². The minimum absolute atomic E-state index is 0.0261. The molecule has 0 saturated heterocycles. The summed E-state index contributed by atoms with van der Waals surface area (Å²) in [5.41, 5.74) is 0. The van der Waals surface area contributed by atoms with Gasteiger partial charge in [0, 0.05) is 12.8 Å². The SMILES string of the molecule is CC/C=C\C/C=C\C/C=C\C/C=C\CCCCCCCCCCC(=O)OC(COC(=O)CCCCCCCCCCC/C=C\C/C=C\CCCCC)COP(=O)(O)OCC[N+](C)(C)C. The van der Waals surface area contributed by atoms with Crippen LogP contribution in [0.4, 0.5) is 0 Å². The predicted molar refractivity (Wildman–Crippen MR) is 270 cm³/mol. The first-order valence-electron chi connectivity index (χ1n) is 25.7. The summed E-state index contributed by atoms with van der Waals surface area (Å²) in [6.07, 6.45) is 58.0. The van der Waals surface area contributed by atoms with Crippen molar-refractivity contribution in [2.45, 2.75) is 213 Å². The first kappa shape index (κ1) is 61.5. The van der Waals surface area contributed by atoms with Gasteiger partial charge in [0.25, 0.3) is 0 Å². The normalized spacial score (nSPS) is 14.0. The molecule has 2 unspecified atom stereocenters. The van der Waals surface area contributed by atoms with Gasteiger partial charge in [-0.1, -0.05) is 183 Å². The number of unbranched alkanes of at least 4 members (excludes halogenated alkanes) is 20. The van der Waals surface area contributed by atoms with Crippen LogP contribution < -0.4 is 0 Å². The van der Waals surface area contributed by atoms with Crippen molar-refractivity contribution in [2.24, 2.45) is 0 Å². The van der Waals surface area contributed by atoms with Gasteiger partial charge in [-0.3, -0.25) is 18.6 Å². The van der Waals surface area contributed by atoms with Crippen LogP contribution in [0.1, 0.15) is 206 Å². The highest BCUT2D eigenvalue weighted by Crippen LogP contribution is 2.43. The number of likely N-dealkylation sites (N-methyl/N-ethyl adjacent to an activating group) is 1. The van der Waals surface area contributed by atoms with Crippen molar-refractivity contribution >= 4 is 19.8 Å². The van der Waals surface area contributed by atoms with Crippen molar-refractivity contribution in [3.8, 4) is 0 Å². The molecule has 0 aromatic rings. The van der Waals surface area contributed by atoms with Gasteiger partial charge in [-0.2, -0.15) is 0 Å². The van der Waals surface area contributed by atoms with E-state index in [0.29, 0.717) is 17.4 Å². The number of allylic oxidation sites excluding steroid dienone is 12. The lowest BCUT2D eigenvalue weighted by molar-refractivity contribution is -0.870. The fourth-order valence-electron chi connectivity index (χ4n) is 6.74. The van der Waals surface area contributed by atoms with Crippen LogP contribution in [0, 0.1) is 0 Å². The molecule has 0 rings (SSSR count). The number of ether oxygens (including phenoxy) is 2. The quantitative estimate of drug-likeness (QED) is 0.0211. The lowest BCUT2D eigenvalue weighted by Crippen LogP contribution is -2.37. The van der Waals surface area contributed by atoms with Crippen LogP contribution >= 0.6 is 7.82 Å². The molecule has 2 atom stereocenters. The second-order valence-electron chi connectivity index (χ2n) is 18.2. The second-order valence-corrected chi connectivity index (χ2v) is 19.6. The van der Waals surface area contributed by atoms with Crippen molar-refractivity contribution < 1.29 is 42.1 Å². The first-order valence-corrected chi connectivity index (χ1v) is 27.2. The van der Waals surface area contributed by atoms with Gasteiger partial charge < -0.3 is 18.9 Å². The lowest BCUT2D eigenvalue weighted by atomic mass is 10.1. The van der Waals surface area contributed by atoms with Crippen LogP contribution in [0.15, 0.2) is 72.9 Å². The molecule has 0 aliphatic heterocycles. The molecule has 64 heavy (non-hydrogen) atoms. The zero-order chi connectivity index (χ0) is 47.1.